The van der Waals surface area contributed by atoms with Gasteiger partial charge in [0.15, 0.2) is 0 Å². The number of amidine groups is 1. The van der Waals surface area contributed by atoms with E-state index in [1.54, 1.807) is 4.90 Å². The van der Waals surface area contributed by atoms with Gasteiger partial charge in [0.1, 0.15) is 5.84 Å². The molecule has 0 spiro atoms. The van der Waals surface area contributed by atoms with Gasteiger partial charge in [-0.3, -0.25) is 9.69 Å². The molecule has 118 valence electrons. The van der Waals surface area contributed by atoms with Crippen LogP contribution in [0.15, 0.2) is 38.5 Å². The van der Waals surface area contributed by atoms with E-state index >= 15 is 0 Å². The number of aliphatic imine (C=N–C) groups is 1. The van der Waals surface area contributed by atoms with E-state index in [0.717, 1.165) is 23.5 Å². The molecular formula is C17H27BrN2O. The maximum absolute atomic E-state index is 12.1. The zero-order chi connectivity index (χ0) is 16.6. The van der Waals surface area contributed by atoms with Crippen molar-refractivity contribution in [2.24, 2.45) is 4.99 Å². The van der Waals surface area contributed by atoms with Crippen LogP contribution >= 0.6 is 15.9 Å². The number of nitrogens with zero attached hydrogens (tertiary/aromatic N) is 2. The van der Waals surface area contributed by atoms with Crippen molar-refractivity contribution in [1.29, 1.82) is 0 Å². The summed E-state index contributed by atoms with van der Waals surface area (Å²) in [5.41, 5.74) is 3.19. The van der Waals surface area contributed by atoms with Gasteiger partial charge in [-0.1, -0.05) is 32.4 Å². The van der Waals surface area contributed by atoms with E-state index in [-0.39, 0.29) is 5.91 Å². The molecule has 0 N–H and O–H groups in total. The summed E-state index contributed by atoms with van der Waals surface area (Å²) in [6, 6.07) is 0. The average molecular weight is 355 g/mol. The van der Waals surface area contributed by atoms with Crippen molar-refractivity contribution in [2.45, 2.75) is 54.9 Å². The van der Waals surface area contributed by atoms with Gasteiger partial charge < -0.3 is 0 Å². The van der Waals surface area contributed by atoms with E-state index in [2.05, 4.69) is 34.8 Å². The zero-order valence-electron chi connectivity index (χ0n) is 14.2. The first-order chi connectivity index (χ1) is 9.96. The molecule has 1 aliphatic rings. The first-order valence-electron chi connectivity index (χ1n) is 7.56. The van der Waals surface area contributed by atoms with Gasteiger partial charge >= 0.3 is 0 Å². The van der Waals surface area contributed by atoms with Crippen molar-refractivity contribution in [1.82, 2.24) is 4.90 Å². The van der Waals surface area contributed by atoms with Crippen LogP contribution in [0.3, 0.4) is 0 Å². The number of hydrogen-bond acceptors (Lipinski definition) is 2. The number of likely N-dealkylation sites (N-methyl/N-ethyl adjacent to an activating group) is 1. The Balaban J connectivity index is 0.00000191. The molecule has 1 rings (SSSR count). The molecule has 0 saturated carbocycles. The summed E-state index contributed by atoms with van der Waals surface area (Å²) in [4.78, 5) is 18.5. The smallest absolute Gasteiger partial charge is 0.266 e. The molecule has 0 fully saturated rings. The minimum Gasteiger partial charge on any atom is -0.292 e. The minimum atomic E-state index is -0.0335. The Morgan fingerprint density at radius 1 is 1.33 bits per heavy atom. The van der Waals surface area contributed by atoms with Gasteiger partial charge in [-0.2, -0.15) is 0 Å². The second kappa shape index (κ2) is 9.72. The van der Waals surface area contributed by atoms with E-state index in [1.807, 2.05) is 46.8 Å². The van der Waals surface area contributed by atoms with Gasteiger partial charge in [0.2, 0.25) is 0 Å². The number of amides is 1. The number of carbonyl (C=O) groups is 1. The van der Waals surface area contributed by atoms with Gasteiger partial charge in [0.05, 0.1) is 4.48 Å². The summed E-state index contributed by atoms with van der Waals surface area (Å²) >= 11 is 3.31. The van der Waals surface area contributed by atoms with Crippen LogP contribution in [0.2, 0.25) is 0 Å². The summed E-state index contributed by atoms with van der Waals surface area (Å²) < 4.78 is 0.579. The number of halogens is 1. The lowest BCUT2D eigenvalue weighted by atomic mass is 10.1. The normalized spacial score (nSPS) is 20.1. The summed E-state index contributed by atoms with van der Waals surface area (Å²) in [7, 11) is 0. The molecule has 0 radical (unpaired) electrons. The van der Waals surface area contributed by atoms with Crippen LogP contribution in [0.5, 0.6) is 0 Å². The fraction of sp³-hybridized carbons (Fsp3) is 0.529. The predicted molar refractivity (Wildman–Crippen MR) is 95.6 cm³/mol. The quantitative estimate of drug-likeness (QED) is 0.685. The standard InChI is InChI=1S/C15H21BrN2O.C2H6/c1-6-10(4)11(5)17-14-12(7-2)9-13(16)15(19)18(14)8-3;1-2/h7,9H,6,8H2,1-5H3;1-2H3/b11-10?,12-7-,17-14?;. The number of carbonyl (C=O) groups excluding carboxylic acids is 1. The topological polar surface area (TPSA) is 32.7 Å². The van der Waals surface area contributed by atoms with Crippen LogP contribution in [-0.2, 0) is 4.79 Å². The Labute approximate surface area is 137 Å². The molecule has 1 aliphatic heterocycles. The van der Waals surface area contributed by atoms with Crippen molar-refractivity contribution < 1.29 is 4.79 Å². The van der Waals surface area contributed by atoms with Gasteiger partial charge in [-0.05, 0) is 56.1 Å². The third-order valence-corrected chi connectivity index (χ3v) is 3.86. The van der Waals surface area contributed by atoms with Crippen LogP contribution in [0.1, 0.15) is 54.9 Å². The lowest BCUT2D eigenvalue weighted by molar-refractivity contribution is -0.122. The Hall–Kier alpha value is -1.16. The van der Waals surface area contributed by atoms with Gasteiger partial charge in [0, 0.05) is 17.8 Å². The molecule has 0 aliphatic carbocycles. The van der Waals surface area contributed by atoms with Crippen molar-refractivity contribution in [3.8, 4) is 0 Å². The average Bonchev–Trinajstić information content (AvgIpc) is 2.51. The highest BCUT2D eigenvalue weighted by Gasteiger charge is 2.27. The van der Waals surface area contributed by atoms with Crippen molar-refractivity contribution >= 4 is 27.7 Å². The highest BCUT2D eigenvalue weighted by atomic mass is 79.9. The van der Waals surface area contributed by atoms with Crippen LogP contribution in [-0.4, -0.2) is 23.2 Å². The van der Waals surface area contributed by atoms with E-state index in [0.29, 0.717) is 11.0 Å². The first kappa shape index (κ1) is 19.8. The molecule has 21 heavy (non-hydrogen) atoms. The zero-order valence-corrected chi connectivity index (χ0v) is 15.8. The fourth-order valence-electron chi connectivity index (χ4n) is 1.78. The molecule has 1 amide bonds. The number of allylic oxidation sites excluding steroid dienone is 3. The maximum Gasteiger partial charge on any atom is 0.266 e. The van der Waals surface area contributed by atoms with Gasteiger partial charge in [0.25, 0.3) is 5.91 Å². The van der Waals surface area contributed by atoms with Crippen LogP contribution in [0.25, 0.3) is 0 Å². The van der Waals surface area contributed by atoms with E-state index in [9.17, 15) is 4.79 Å². The van der Waals surface area contributed by atoms with Crippen molar-refractivity contribution in [3.63, 3.8) is 0 Å². The fourth-order valence-corrected chi connectivity index (χ4v) is 2.25. The van der Waals surface area contributed by atoms with Crippen molar-refractivity contribution in [2.75, 3.05) is 6.54 Å². The SMILES string of the molecule is C/C=C1/C=C(Br)C(=O)N(CC)C1=NC(C)=C(C)CC.CC. The van der Waals surface area contributed by atoms with Crippen LogP contribution < -0.4 is 0 Å². The summed E-state index contributed by atoms with van der Waals surface area (Å²) in [5, 5.41) is 0. The molecule has 0 unspecified atom stereocenters. The van der Waals surface area contributed by atoms with Crippen LogP contribution in [0.4, 0.5) is 0 Å². The monoisotopic (exact) mass is 354 g/mol. The molecule has 0 bridgehead atoms. The Morgan fingerprint density at radius 3 is 2.33 bits per heavy atom. The molecule has 4 heteroatoms. The first-order valence-corrected chi connectivity index (χ1v) is 8.36. The van der Waals surface area contributed by atoms with E-state index in [1.165, 1.54) is 5.57 Å². The summed E-state index contributed by atoms with van der Waals surface area (Å²) in [6.45, 7) is 14.7. The highest BCUT2D eigenvalue weighted by Crippen LogP contribution is 2.24. The summed E-state index contributed by atoms with van der Waals surface area (Å²) in [5.74, 6) is 0.706. The lowest BCUT2D eigenvalue weighted by Gasteiger charge is -2.27. The molecule has 0 saturated heterocycles. The highest BCUT2D eigenvalue weighted by molar-refractivity contribution is 9.12. The molecule has 0 aromatic rings. The second-order valence-corrected chi connectivity index (χ2v) is 5.29. The maximum atomic E-state index is 12.1. The molecular weight excluding hydrogens is 328 g/mol. The Morgan fingerprint density at radius 2 is 1.90 bits per heavy atom. The third kappa shape index (κ3) is 4.95. The molecule has 0 atom stereocenters. The van der Waals surface area contributed by atoms with Gasteiger partial charge in [-0.25, -0.2) is 4.99 Å². The third-order valence-electron chi connectivity index (χ3n) is 3.29. The minimum absolute atomic E-state index is 0.0335. The largest absolute Gasteiger partial charge is 0.292 e. The predicted octanol–water partition coefficient (Wildman–Crippen LogP) is 5.20. The molecule has 1 heterocycles. The second-order valence-electron chi connectivity index (χ2n) is 4.44. The van der Waals surface area contributed by atoms with Gasteiger partial charge in [-0.15, -0.1) is 0 Å². The molecule has 0 aromatic carbocycles. The van der Waals surface area contributed by atoms with Crippen LogP contribution in [0, 0.1) is 0 Å². The number of hydrogen-bond donors (Lipinski definition) is 0. The van der Waals surface area contributed by atoms with E-state index < -0.39 is 0 Å². The summed E-state index contributed by atoms with van der Waals surface area (Å²) in [6.07, 6.45) is 4.78. The molecule has 3 nitrogen and oxygen atoms in total. The van der Waals surface area contributed by atoms with E-state index in [4.69, 9.17) is 0 Å². The number of rotatable bonds is 3. The Bertz CT molecular complexity index is 499. The molecule has 0 aromatic heterocycles. The Kier molecular flexibility index (Phi) is 9.18. The lowest BCUT2D eigenvalue weighted by Crippen LogP contribution is -2.40. The van der Waals surface area contributed by atoms with Crippen molar-refractivity contribution in [3.05, 3.63) is 33.5 Å².